The number of rotatable bonds is 3. The van der Waals surface area contributed by atoms with Gasteiger partial charge in [0.1, 0.15) is 17.1 Å². The molecule has 170 valence electrons. The standard InChI is InChI=1S/C26H25FNO4P/c1-26(2,3)33-23-11-18-16-7-8-32-24(16)17(14-5-4-6-15(27)9-14)10-19(18)21-12-22(29)20(25(30)31)13-28(21)23/h4-6,9-10,12-13,23,33H,7-8,11H2,1-3H3,(H,30,31). The molecule has 0 saturated carbocycles. The van der Waals surface area contributed by atoms with Crippen molar-refractivity contribution >= 4 is 14.6 Å². The van der Waals surface area contributed by atoms with Crippen molar-refractivity contribution in [3.05, 3.63) is 75.3 Å². The summed E-state index contributed by atoms with van der Waals surface area (Å²) in [5.41, 5.74) is 4.62. The van der Waals surface area contributed by atoms with E-state index in [1.807, 2.05) is 16.7 Å². The van der Waals surface area contributed by atoms with Crippen molar-refractivity contribution in [1.29, 1.82) is 0 Å². The molecule has 0 saturated heterocycles. The van der Waals surface area contributed by atoms with Crippen LogP contribution in [0.4, 0.5) is 4.39 Å². The maximum Gasteiger partial charge on any atom is 0.341 e. The Hall–Kier alpha value is -2.98. The van der Waals surface area contributed by atoms with Crippen molar-refractivity contribution in [2.45, 2.75) is 44.6 Å². The molecule has 0 spiro atoms. The zero-order valence-electron chi connectivity index (χ0n) is 18.7. The first-order valence-electron chi connectivity index (χ1n) is 11.0. The van der Waals surface area contributed by atoms with Gasteiger partial charge in [-0.15, -0.1) is 0 Å². The lowest BCUT2D eigenvalue weighted by Crippen LogP contribution is -2.26. The van der Waals surface area contributed by atoms with Gasteiger partial charge in [0, 0.05) is 35.4 Å². The molecule has 0 amide bonds. The Morgan fingerprint density at radius 1 is 1.18 bits per heavy atom. The molecule has 2 aliphatic heterocycles. The fourth-order valence-corrected chi connectivity index (χ4v) is 6.53. The molecule has 33 heavy (non-hydrogen) atoms. The fraction of sp³-hybridized carbons (Fsp3) is 0.308. The van der Waals surface area contributed by atoms with E-state index in [9.17, 15) is 19.1 Å². The summed E-state index contributed by atoms with van der Waals surface area (Å²) in [6, 6.07) is 9.82. The maximum atomic E-state index is 14.0. The van der Waals surface area contributed by atoms with E-state index < -0.39 is 11.4 Å². The number of hydrogen-bond acceptors (Lipinski definition) is 3. The van der Waals surface area contributed by atoms with Gasteiger partial charge in [-0.25, -0.2) is 9.18 Å². The third kappa shape index (κ3) is 3.87. The van der Waals surface area contributed by atoms with E-state index in [-0.39, 0.29) is 22.3 Å². The van der Waals surface area contributed by atoms with Crippen molar-refractivity contribution in [2.24, 2.45) is 0 Å². The Morgan fingerprint density at radius 2 is 1.97 bits per heavy atom. The van der Waals surface area contributed by atoms with E-state index in [0.717, 1.165) is 40.8 Å². The molecule has 3 aromatic rings. The van der Waals surface area contributed by atoms with Crippen LogP contribution in [0.25, 0.3) is 22.4 Å². The first-order valence-corrected chi connectivity index (χ1v) is 12.0. The van der Waals surface area contributed by atoms with Crippen LogP contribution in [0.3, 0.4) is 0 Å². The predicted octanol–water partition coefficient (Wildman–Crippen LogP) is 5.49. The summed E-state index contributed by atoms with van der Waals surface area (Å²) in [5.74, 6) is -0.723. The van der Waals surface area contributed by atoms with Crippen LogP contribution in [0, 0.1) is 5.82 Å². The van der Waals surface area contributed by atoms with Gasteiger partial charge in [0.05, 0.1) is 18.1 Å². The number of hydrogen-bond donors (Lipinski definition) is 1. The minimum Gasteiger partial charge on any atom is -0.492 e. The normalized spacial score (nSPS) is 16.9. The summed E-state index contributed by atoms with van der Waals surface area (Å²) in [7, 11) is 0.517. The molecule has 3 heterocycles. The molecule has 2 unspecified atom stereocenters. The number of carbonyl (C=O) groups is 1. The first kappa shape index (κ1) is 21.8. The minimum absolute atomic E-state index is 0.0349. The van der Waals surface area contributed by atoms with E-state index in [1.165, 1.54) is 24.4 Å². The van der Waals surface area contributed by atoms with Gasteiger partial charge in [0.2, 0.25) is 0 Å². The summed E-state index contributed by atoms with van der Waals surface area (Å²) in [6.07, 6.45) is 2.98. The minimum atomic E-state index is -1.22. The van der Waals surface area contributed by atoms with Gasteiger partial charge < -0.3 is 14.4 Å². The Morgan fingerprint density at radius 3 is 2.67 bits per heavy atom. The summed E-state index contributed by atoms with van der Waals surface area (Å²) >= 11 is 0. The van der Waals surface area contributed by atoms with Gasteiger partial charge in [0.15, 0.2) is 5.43 Å². The zero-order chi connectivity index (χ0) is 23.5. The average molecular weight is 465 g/mol. The van der Waals surface area contributed by atoms with Gasteiger partial charge in [-0.05, 0) is 40.9 Å². The van der Waals surface area contributed by atoms with Crippen LogP contribution in [0.2, 0.25) is 0 Å². The lowest BCUT2D eigenvalue weighted by molar-refractivity contribution is 0.0694. The molecule has 1 N–H and O–H groups in total. The number of ether oxygens (including phenoxy) is 1. The Bertz CT molecular complexity index is 1360. The summed E-state index contributed by atoms with van der Waals surface area (Å²) < 4.78 is 22.0. The molecular weight excluding hydrogens is 440 g/mol. The van der Waals surface area contributed by atoms with E-state index in [1.54, 1.807) is 6.07 Å². The first-order chi connectivity index (χ1) is 15.6. The Kier molecular flexibility index (Phi) is 5.17. The van der Waals surface area contributed by atoms with Crippen LogP contribution >= 0.6 is 8.58 Å². The molecule has 0 radical (unpaired) electrons. The van der Waals surface area contributed by atoms with Gasteiger partial charge in [0.25, 0.3) is 0 Å². The van der Waals surface area contributed by atoms with E-state index in [2.05, 4.69) is 20.8 Å². The highest BCUT2D eigenvalue weighted by Crippen LogP contribution is 2.52. The lowest BCUT2D eigenvalue weighted by atomic mass is 9.87. The molecule has 0 aliphatic carbocycles. The van der Waals surface area contributed by atoms with Gasteiger partial charge in [-0.1, -0.05) is 41.5 Å². The van der Waals surface area contributed by atoms with Crippen molar-refractivity contribution in [1.82, 2.24) is 4.57 Å². The average Bonchev–Trinajstić information content (AvgIpc) is 3.22. The quantitative estimate of drug-likeness (QED) is 0.520. The number of aromatic carboxylic acids is 1. The maximum absolute atomic E-state index is 14.0. The van der Waals surface area contributed by atoms with Crippen LogP contribution in [-0.2, 0) is 12.8 Å². The number of fused-ring (bicyclic) bond motifs is 5. The van der Waals surface area contributed by atoms with Crippen molar-refractivity contribution in [3.8, 4) is 28.1 Å². The number of halogens is 1. The van der Waals surface area contributed by atoms with E-state index >= 15 is 0 Å². The smallest absolute Gasteiger partial charge is 0.341 e. The van der Waals surface area contributed by atoms with Crippen molar-refractivity contribution < 1.29 is 19.0 Å². The number of pyridine rings is 1. The second kappa shape index (κ2) is 7.81. The molecule has 1 aromatic heterocycles. The third-order valence-electron chi connectivity index (χ3n) is 6.15. The van der Waals surface area contributed by atoms with Gasteiger partial charge in [-0.3, -0.25) is 4.79 Å². The Balaban J connectivity index is 1.79. The lowest BCUT2D eigenvalue weighted by Gasteiger charge is -2.36. The number of nitrogens with zero attached hydrogens (tertiary/aromatic N) is 1. The molecule has 5 nitrogen and oxygen atoms in total. The fourth-order valence-electron chi connectivity index (χ4n) is 4.87. The molecule has 7 heteroatoms. The second-order valence-electron chi connectivity index (χ2n) is 9.63. The Labute approximate surface area is 193 Å². The highest BCUT2D eigenvalue weighted by atomic mass is 31.1. The number of benzene rings is 2. The third-order valence-corrected chi connectivity index (χ3v) is 7.83. The van der Waals surface area contributed by atoms with Crippen LogP contribution < -0.4 is 10.2 Å². The van der Waals surface area contributed by atoms with Crippen LogP contribution in [0.1, 0.15) is 48.0 Å². The largest absolute Gasteiger partial charge is 0.492 e. The van der Waals surface area contributed by atoms with Gasteiger partial charge >= 0.3 is 5.97 Å². The molecule has 0 fully saturated rings. The molecular formula is C26H25FNO4P. The number of aromatic nitrogens is 1. The van der Waals surface area contributed by atoms with Crippen LogP contribution in [-0.4, -0.2) is 27.4 Å². The summed E-state index contributed by atoms with van der Waals surface area (Å²) in [6.45, 7) is 7.07. The molecule has 5 rings (SSSR count). The van der Waals surface area contributed by atoms with Gasteiger partial charge in [-0.2, -0.15) is 0 Å². The molecule has 2 aliphatic rings. The van der Waals surface area contributed by atoms with E-state index in [0.29, 0.717) is 26.4 Å². The van der Waals surface area contributed by atoms with Crippen LogP contribution in [0.5, 0.6) is 5.75 Å². The second-order valence-corrected chi connectivity index (χ2v) is 12.1. The predicted molar refractivity (Wildman–Crippen MR) is 128 cm³/mol. The highest BCUT2D eigenvalue weighted by molar-refractivity contribution is 7.40. The molecule has 2 aromatic carbocycles. The topological polar surface area (TPSA) is 68.5 Å². The highest BCUT2D eigenvalue weighted by Gasteiger charge is 2.33. The number of carboxylic acid groups (broad SMARTS) is 1. The molecule has 2 atom stereocenters. The zero-order valence-corrected chi connectivity index (χ0v) is 19.7. The van der Waals surface area contributed by atoms with Crippen molar-refractivity contribution in [3.63, 3.8) is 0 Å². The SMILES string of the molecule is CC(C)(C)PC1Cc2c(cc(-c3cccc(F)c3)c3c2CCO3)-c2cc(=O)c(C(=O)O)cn21. The number of carboxylic acids is 1. The summed E-state index contributed by atoms with van der Waals surface area (Å²) in [5, 5.41) is 9.60. The van der Waals surface area contributed by atoms with E-state index in [4.69, 9.17) is 4.74 Å². The van der Waals surface area contributed by atoms with Crippen molar-refractivity contribution in [2.75, 3.05) is 6.61 Å². The van der Waals surface area contributed by atoms with Crippen LogP contribution in [0.15, 0.2) is 47.4 Å². The summed E-state index contributed by atoms with van der Waals surface area (Å²) in [4.78, 5) is 24.4. The monoisotopic (exact) mass is 465 g/mol. The molecule has 0 bridgehead atoms.